The van der Waals surface area contributed by atoms with Crippen LogP contribution in [0.1, 0.15) is 40.2 Å². The number of likely N-dealkylation sites (tertiary alicyclic amines) is 1. The summed E-state index contributed by atoms with van der Waals surface area (Å²) in [4.78, 5) is 31.3. The van der Waals surface area contributed by atoms with Gasteiger partial charge in [0.2, 0.25) is 5.91 Å². The zero-order valence-corrected chi connectivity index (χ0v) is 20.2. The van der Waals surface area contributed by atoms with Crippen molar-refractivity contribution < 1.29 is 9.59 Å². The average Bonchev–Trinajstić information content (AvgIpc) is 3.33. The number of carbonyl (C=O) groups excluding carboxylic acids is 2. The molecule has 0 bridgehead atoms. The molecule has 2 heterocycles. The smallest absolute Gasteiger partial charge is 0.253 e. The van der Waals surface area contributed by atoms with E-state index in [9.17, 15) is 9.59 Å². The van der Waals surface area contributed by atoms with Crippen LogP contribution in [0.15, 0.2) is 85.1 Å². The van der Waals surface area contributed by atoms with Crippen molar-refractivity contribution in [2.75, 3.05) is 19.6 Å². The third kappa shape index (κ3) is 5.10. The molecule has 5 rings (SSSR count). The number of para-hydroxylation sites is 1. The predicted molar refractivity (Wildman–Crippen MR) is 140 cm³/mol. The van der Waals surface area contributed by atoms with E-state index >= 15 is 0 Å². The van der Waals surface area contributed by atoms with Crippen molar-refractivity contribution >= 4 is 34.3 Å². The van der Waals surface area contributed by atoms with E-state index in [1.165, 1.54) is 0 Å². The first-order valence-electron chi connectivity index (χ1n) is 12.0. The van der Waals surface area contributed by atoms with Gasteiger partial charge in [0.25, 0.3) is 5.91 Å². The number of amides is 2. The maximum absolute atomic E-state index is 13.2. The molecule has 2 unspecified atom stereocenters. The van der Waals surface area contributed by atoms with Crippen LogP contribution in [0.5, 0.6) is 0 Å². The molecule has 0 spiro atoms. The van der Waals surface area contributed by atoms with E-state index < -0.39 is 0 Å². The molecule has 5 nitrogen and oxygen atoms in total. The van der Waals surface area contributed by atoms with Crippen LogP contribution in [0.25, 0.3) is 10.9 Å². The van der Waals surface area contributed by atoms with E-state index in [1.54, 1.807) is 29.2 Å². The predicted octanol–water partition coefficient (Wildman–Crippen LogP) is 5.62. The number of carbonyl (C=O) groups is 2. The van der Waals surface area contributed by atoms with E-state index in [1.807, 2.05) is 36.5 Å². The first-order chi connectivity index (χ1) is 17.1. The minimum absolute atomic E-state index is 0.000575. The van der Waals surface area contributed by atoms with Crippen LogP contribution in [-0.2, 0) is 4.79 Å². The Kier molecular flexibility index (Phi) is 6.87. The van der Waals surface area contributed by atoms with Gasteiger partial charge >= 0.3 is 0 Å². The Morgan fingerprint density at radius 1 is 1.00 bits per heavy atom. The van der Waals surface area contributed by atoms with E-state index in [4.69, 9.17) is 11.6 Å². The Morgan fingerprint density at radius 3 is 2.54 bits per heavy atom. The maximum Gasteiger partial charge on any atom is 0.253 e. The van der Waals surface area contributed by atoms with Crippen LogP contribution in [0, 0.1) is 5.92 Å². The molecule has 4 aromatic rings. The quantitative estimate of drug-likeness (QED) is 0.372. The van der Waals surface area contributed by atoms with Gasteiger partial charge in [-0.15, -0.1) is 0 Å². The standard InChI is InChI=1S/C29H28ClN3O2/c30-23-14-12-21(13-15-23)29(35)33-16-6-9-22(19-33)28(34)32-17-25(20-7-2-1-3-8-20)26-18-31-27-11-5-4-10-24(26)27/h1-5,7-8,10-15,18,22,25,31H,6,9,16-17,19H2,(H,32,34). The number of nitrogens with zero attached hydrogens (tertiary/aromatic N) is 1. The number of hydrogen-bond acceptors (Lipinski definition) is 2. The average molecular weight is 486 g/mol. The molecule has 1 saturated heterocycles. The number of nitrogens with one attached hydrogen (secondary N) is 2. The maximum atomic E-state index is 13.2. The molecule has 2 atom stereocenters. The second-order valence-corrected chi connectivity index (χ2v) is 9.53. The molecule has 1 fully saturated rings. The van der Waals surface area contributed by atoms with E-state index in [-0.39, 0.29) is 23.7 Å². The van der Waals surface area contributed by atoms with Crippen LogP contribution < -0.4 is 5.32 Å². The fourth-order valence-electron chi connectivity index (χ4n) is 4.97. The summed E-state index contributed by atoms with van der Waals surface area (Å²) in [7, 11) is 0. The normalized spacial score (nSPS) is 16.7. The number of benzene rings is 3. The summed E-state index contributed by atoms with van der Waals surface area (Å²) in [5.41, 5.74) is 3.99. The molecular weight excluding hydrogens is 458 g/mol. The van der Waals surface area contributed by atoms with Gasteiger partial charge in [0.15, 0.2) is 0 Å². The Labute approximate surface area is 210 Å². The molecular formula is C29H28ClN3O2. The second-order valence-electron chi connectivity index (χ2n) is 9.10. The van der Waals surface area contributed by atoms with Crippen molar-refractivity contribution in [3.05, 3.63) is 107 Å². The molecule has 0 aliphatic carbocycles. The molecule has 35 heavy (non-hydrogen) atoms. The number of fused-ring (bicyclic) bond motifs is 1. The van der Waals surface area contributed by atoms with Crippen molar-refractivity contribution in [3.8, 4) is 0 Å². The second kappa shape index (κ2) is 10.4. The lowest BCUT2D eigenvalue weighted by Crippen LogP contribution is -2.46. The summed E-state index contributed by atoms with van der Waals surface area (Å²) < 4.78 is 0. The van der Waals surface area contributed by atoms with E-state index in [2.05, 4.69) is 34.6 Å². The minimum atomic E-state index is -0.223. The third-order valence-electron chi connectivity index (χ3n) is 6.85. The molecule has 1 aliphatic heterocycles. The monoisotopic (exact) mass is 485 g/mol. The molecule has 1 aromatic heterocycles. The topological polar surface area (TPSA) is 65.2 Å². The number of aromatic amines is 1. The van der Waals surface area contributed by atoms with Crippen molar-refractivity contribution in [2.24, 2.45) is 5.92 Å². The van der Waals surface area contributed by atoms with Crippen LogP contribution in [0.3, 0.4) is 0 Å². The number of aromatic nitrogens is 1. The Bertz CT molecular complexity index is 1320. The number of rotatable bonds is 6. The summed E-state index contributed by atoms with van der Waals surface area (Å²) in [5, 5.41) is 4.96. The van der Waals surface area contributed by atoms with Crippen LogP contribution >= 0.6 is 11.6 Å². The first-order valence-corrected chi connectivity index (χ1v) is 12.4. The molecule has 2 amide bonds. The van der Waals surface area contributed by atoms with Crippen molar-refractivity contribution in [1.29, 1.82) is 0 Å². The largest absolute Gasteiger partial charge is 0.361 e. The van der Waals surface area contributed by atoms with Gasteiger partial charge in [-0.2, -0.15) is 0 Å². The highest BCUT2D eigenvalue weighted by Gasteiger charge is 2.29. The highest BCUT2D eigenvalue weighted by Crippen LogP contribution is 2.30. The van der Waals surface area contributed by atoms with Crippen molar-refractivity contribution in [3.63, 3.8) is 0 Å². The molecule has 2 N–H and O–H groups in total. The van der Waals surface area contributed by atoms with Crippen molar-refractivity contribution in [1.82, 2.24) is 15.2 Å². The van der Waals surface area contributed by atoms with Crippen LogP contribution in [-0.4, -0.2) is 41.3 Å². The van der Waals surface area contributed by atoms with E-state index in [0.717, 1.165) is 34.9 Å². The summed E-state index contributed by atoms with van der Waals surface area (Å²) >= 11 is 5.96. The van der Waals surface area contributed by atoms with E-state index in [0.29, 0.717) is 30.2 Å². The van der Waals surface area contributed by atoms with Gasteiger partial charge < -0.3 is 15.2 Å². The molecule has 0 radical (unpaired) electrons. The summed E-state index contributed by atoms with van der Waals surface area (Å²) in [5.74, 6) is -0.259. The van der Waals surface area contributed by atoms with Crippen LogP contribution in [0.2, 0.25) is 5.02 Å². The summed E-state index contributed by atoms with van der Waals surface area (Å²) in [6, 6.07) is 25.4. The fourth-order valence-corrected chi connectivity index (χ4v) is 5.10. The van der Waals surface area contributed by atoms with Gasteiger partial charge in [0.05, 0.1) is 5.92 Å². The Hall–Kier alpha value is -3.57. The molecule has 0 saturated carbocycles. The van der Waals surface area contributed by atoms with Gasteiger partial charge in [0, 0.05) is 53.2 Å². The fraction of sp³-hybridized carbons (Fsp3) is 0.241. The van der Waals surface area contributed by atoms with Crippen molar-refractivity contribution in [2.45, 2.75) is 18.8 Å². The zero-order chi connectivity index (χ0) is 24.2. The molecule has 3 aromatic carbocycles. The van der Waals surface area contributed by atoms with Gasteiger partial charge in [-0.1, -0.05) is 60.1 Å². The lowest BCUT2D eigenvalue weighted by molar-refractivity contribution is -0.126. The third-order valence-corrected chi connectivity index (χ3v) is 7.10. The molecule has 1 aliphatic rings. The van der Waals surface area contributed by atoms with Crippen LogP contribution in [0.4, 0.5) is 0 Å². The number of hydrogen-bond donors (Lipinski definition) is 2. The summed E-state index contributed by atoms with van der Waals surface area (Å²) in [6.07, 6.45) is 3.63. The van der Waals surface area contributed by atoms with Gasteiger partial charge in [0.1, 0.15) is 0 Å². The highest BCUT2D eigenvalue weighted by atomic mass is 35.5. The number of H-pyrrole nitrogens is 1. The first kappa shape index (κ1) is 23.2. The highest BCUT2D eigenvalue weighted by molar-refractivity contribution is 6.30. The van der Waals surface area contributed by atoms with Gasteiger partial charge in [-0.25, -0.2) is 0 Å². The zero-order valence-electron chi connectivity index (χ0n) is 19.4. The molecule has 178 valence electrons. The Balaban J connectivity index is 1.30. The SMILES string of the molecule is O=C(NCC(c1ccccc1)c1c[nH]c2ccccc12)C1CCCN(C(=O)c2ccc(Cl)cc2)C1. The Morgan fingerprint density at radius 2 is 1.74 bits per heavy atom. The lowest BCUT2D eigenvalue weighted by atomic mass is 9.90. The molecule has 6 heteroatoms. The number of halogens is 1. The summed E-state index contributed by atoms with van der Waals surface area (Å²) in [6.45, 7) is 1.58. The lowest BCUT2D eigenvalue weighted by Gasteiger charge is -2.32. The van der Waals surface area contributed by atoms with Gasteiger partial charge in [-0.05, 0) is 54.3 Å². The minimum Gasteiger partial charge on any atom is -0.361 e. The van der Waals surface area contributed by atoms with Gasteiger partial charge in [-0.3, -0.25) is 9.59 Å². The number of piperidine rings is 1.